The number of hydrogen-bond acceptors (Lipinski definition) is 3. The Morgan fingerprint density at radius 3 is 2.52 bits per heavy atom. The summed E-state index contributed by atoms with van der Waals surface area (Å²) in [6.07, 6.45) is 8.20. The van der Waals surface area contributed by atoms with E-state index in [1.54, 1.807) is 28.8 Å². The van der Waals surface area contributed by atoms with Crippen molar-refractivity contribution in [2.45, 2.75) is 32.9 Å². The van der Waals surface area contributed by atoms with Gasteiger partial charge >= 0.3 is 11.5 Å². The second kappa shape index (κ2) is 8.41. The molecule has 5 nitrogen and oxygen atoms in total. The van der Waals surface area contributed by atoms with Crippen LogP contribution >= 0.6 is 11.6 Å². The summed E-state index contributed by atoms with van der Waals surface area (Å²) >= 11 is 5.99. The first-order valence-corrected chi connectivity index (χ1v) is 11.3. The lowest BCUT2D eigenvalue weighted by atomic mass is 10.0. The van der Waals surface area contributed by atoms with E-state index in [0.29, 0.717) is 28.5 Å². The Kier molecular flexibility index (Phi) is 5.43. The summed E-state index contributed by atoms with van der Waals surface area (Å²) in [5.74, 6) is 0.437. The highest BCUT2D eigenvalue weighted by Gasteiger charge is 2.39. The van der Waals surface area contributed by atoms with Gasteiger partial charge in [0.05, 0.1) is 11.3 Å². The number of aryl methyl sites for hydroxylation is 1. The van der Waals surface area contributed by atoms with Crippen molar-refractivity contribution in [1.29, 1.82) is 0 Å². The maximum absolute atomic E-state index is 13.7. The zero-order valence-electron chi connectivity index (χ0n) is 18.5. The van der Waals surface area contributed by atoms with Gasteiger partial charge in [-0.25, -0.2) is 4.57 Å². The SMILES string of the molecule is Cc1ccc(Cc2c(C)[n+](CC(=O)c3ccc(Cl)cc3)c3n(c2=O)C2C=CC=CC2=N3)cc1. The number of benzene rings is 2. The summed E-state index contributed by atoms with van der Waals surface area (Å²) in [6, 6.07) is 14.8. The van der Waals surface area contributed by atoms with Gasteiger partial charge in [-0.1, -0.05) is 58.6 Å². The molecular weight excluding hydrogens is 434 g/mol. The van der Waals surface area contributed by atoms with E-state index in [4.69, 9.17) is 16.6 Å². The molecular formula is C27H23ClN3O2+. The Balaban J connectivity index is 1.64. The lowest BCUT2D eigenvalue weighted by Crippen LogP contribution is -2.48. The molecule has 1 aromatic heterocycles. The first-order chi connectivity index (χ1) is 15.9. The second-order valence-corrected chi connectivity index (χ2v) is 8.88. The van der Waals surface area contributed by atoms with Gasteiger partial charge in [-0.15, -0.1) is 0 Å². The molecule has 1 aliphatic carbocycles. The van der Waals surface area contributed by atoms with Crippen LogP contribution in [0, 0.1) is 13.8 Å². The molecule has 1 unspecified atom stereocenters. The van der Waals surface area contributed by atoms with Gasteiger partial charge < -0.3 is 0 Å². The molecule has 0 fully saturated rings. The minimum atomic E-state index is -0.258. The topological polar surface area (TPSA) is 55.3 Å². The summed E-state index contributed by atoms with van der Waals surface area (Å²) in [5.41, 5.74) is 4.95. The Bertz CT molecular complexity index is 1410. The van der Waals surface area contributed by atoms with Gasteiger partial charge in [0.15, 0.2) is 17.5 Å². The second-order valence-electron chi connectivity index (χ2n) is 8.44. The van der Waals surface area contributed by atoms with Gasteiger partial charge in [0.2, 0.25) is 0 Å². The molecule has 2 aliphatic rings. The maximum Gasteiger partial charge on any atom is 0.403 e. The highest BCUT2D eigenvalue weighted by Crippen LogP contribution is 2.28. The van der Waals surface area contributed by atoms with Crippen LogP contribution in [0.1, 0.15) is 38.8 Å². The molecule has 1 aliphatic heterocycles. The molecule has 1 atom stereocenters. The van der Waals surface area contributed by atoms with E-state index in [9.17, 15) is 9.59 Å². The molecule has 0 saturated heterocycles. The molecule has 2 heterocycles. The van der Waals surface area contributed by atoms with Crippen molar-refractivity contribution in [3.05, 3.63) is 116 Å². The molecule has 0 amide bonds. The minimum absolute atomic E-state index is 0.0661. The monoisotopic (exact) mass is 456 g/mol. The number of aromatic nitrogens is 2. The van der Waals surface area contributed by atoms with E-state index in [-0.39, 0.29) is 23.9 Å². The summed E-state index contributed by atoms with van der Waals surface area (Å²) in [7, 11) is 0. The fraction of sp³-hybridized carbons (Fsp3) is 0.185. The quantitative estimate of drug-likeness (QED) is 0.415. The van der Waals surface area contributed by atoms with Crippen molar-refractivity contribution >= 4 is 29.0 Å². The smallest absolute Gasteiger partial charge is 0.291 e. The van der Waals surface area contributed by atoms with Crippen LogP contribution in [0.2, 0.25) is 5.02 Å². The molecule has 3 aromatic rings. The van der Waals surface area contributed by atoms with E-state index in [0.717, 1.165) is 17.0 Å². The average Bonchev–Trinajstić information content (AvgIpc) is 3.20. The average molecular weight is 457 g/mol. The van der Waals surface area contributed by atoms with E-state index >= 15 is 0 Å². The standard InChI is InChI=1S/C27H23ClN3O2/c1-17-7-9-19(10-8-17)15-22-18(2)30(16-25(32)20-11-13-21(28)14-12-20)27-29-23-5-3-4-6-24(23)31(27)26(22)33/h3-14,24H,15-16H2,1-2H3/q+1. The van der Waals surface area contributed by atoms with E-state index in [2.05, 4.69) is 0 Å². The van der Waals surface area contributed by atoms with E-state index < -0.39 is 0 Å². The lowest BCUT2D eigenvalue weighted by molar-refractivity contribution is -0.680. The normalized spacial score (nSPS) is 15.8. The van der Waals surface area contributed by atoms with Crippen molar-refractivity contribution in [2.75, 3.05) is 0 Å². The number of aliphatic imine (C=N–C) groups is 1. The first-order valence-electron chi connectivity index (χ1n) is 10.9. The number of allylic oxidation sites excluding steroid dienone is 4. The fourth-order valence-corrected chi connectivity index (χ4v) is 4.46. The van der Waals surface area contributed by atoms with Crippen LogP contribution in [0.25, 0.3) is 0 Å². The third-order valence-corrected chi connectivity index (χ3v) is 6.48. The van der Waals surface area contributed by atoms with Crippen LogP contribution in [0.4, 0.5) is 5.95 Å². The number of carbonyl (C=O) groups excluding carboxylic acids is 1. The molecule has 0 bridgehead atoms. The molecule has 0 N–H and O–H groups in total. The first kappa shape index (κ1) is 21.3. The Morgan fingerprint density at radius 1 is 1.06 bits per heavy atom. The Labute approximate surface area is 197 Å². The predicted octanol–water partition coefficient (Wildman–Crippen LogP) is 4.63. The number of rotatable bonds is 5. The summed E-state index contributed by atoms with van der Waals surface area (Å²) in [4.78, 5) is 31.6. The third-order valence-electron chi connectivity index (χ3n) is 6.23. The maximum atomic E-state index is 13.7. The zero-order valence-corrected chi connectivity index (χ0v) is 19.2. The molecule has 0 saturated carbocycles. The molecule has 6 heteroatoms. The van der Waals surface area contributed by atoms with Gasteiger partial charge in [-0.3, -0.25) is 9.59 Å². The molecule has 5 rings (SSSR count). The van der Waals surface area contributed by atoms with Crippen LogP contribution in [0.15, 0.2) is 82.6 Å². The number of nitrogens with zero attached hydrogens (tertiary/aromatic N) is 3. The number of fused-ring (bicyclic) bond motifs is 3. The number of ketones is 1. The lowest BCUT2D eigenvalue weighted by Gasteiger charge is -2.15. The Hall–Kier alpha value is -3.57. The van der Waals surface area contributed by atoms with Crippen molar-refractivity contribution in [2.24, 2.45) is 4.99 Å². The summed E-state index contributed by atoms with van der Waals surface area (Å²) in [5, 5.41) is 0.581. The molecule has 33 heavy (non-hydrogen) atoms. The minimum Gasteiger partial charge on any atom is -0.291 e. The molecule has 0 radical (unpaired) electrons. The van der Waals surface area contributed by atoms with Crippen molar-refractivity contribution in [3.63, 3.8) is 0 Å². The van der Waals surface area contributed by atoms with E-state index in [1.807, 2.05) is 67.0 Å². The third kappa shape index (κ3) is 3.89. The molecule has 2 aromatic carbocycles. The fourth-order valence-electron chi connectivity index (χ4n) is 4.33. The number of hydrogen-bond donors (Lipinski definition) is 0. The molecule has 164 valence electrons. The highest BCUT2D eigenvalue weighted by atomic mass is 35.5. The van der Waals surface area contributed by atoms with E-state index in [1.165, 1.54) is 5.56 Å². The van der Waals surface area contributed by atoms with Gasteiger partial charge in [0.25, 0.3) is 0 Å². The van der Waals surface area contributed by atoms with Crippen molar-refractivity contribution in [1.82, 2.24) is 4.57 Å². The Morgan fingerprint density at radius 2 is 1.79 bits per heavy atom. The van der Waals surface area contributed by atoms with Crippen LogP contribution < -0.4 is 10.1 Å². The predicted molar refractivity (Wildman–Crippen MR) is 130 cm³/mol. The highest BCUT2D eigenvalue weighted by molar-refractivity contribution is 6.30. The van der Waals surface area contributed by atoms with Crippen LogP contribution in [-0.4, -0.2) is 16.1 Å². The van der Waals surface area contributed by atoms with Crippen LogP contribution in [0.3, 0.4) is 0 Å². The van der Waals surface area contributed by atoms with Gasteiger partial charge in [0.1, 0.15) is 6.54 Å². The van der Waals surface area contributed by atoms with Crippen LogP contribution in [0.5, 0.6) is 0 Å². The summed E-state index contributed by atoms with van der Waals surface area (Å²) < 4.78 is 3.58. The largest absolute Gasteiger partial charge is 0.403 e. The number of Topliss-reactive ketones (excluding diaryl/α,β-unsaturated/α-hetero) is 1. The summed E-state index contributed by atoms with van der Waals surface area (Å²) in [6.45, 7) is 4.02. The number of halogens is 1. The van der Waals surface area contributed by atoms with Gasteiger partial charge in [-0.2, -0.15) is 4.57 Å². The number of carbonyl (C=O) groups is 1. The van der Waals surface area contributed by atoms with Gasteiger partial charge in [-0.05, 0) is 55.8 Å². The molecule has 0 spiro atoms. The van der Waals surface area contributed by atoms with Crippen molar-refractivity contribution in [3.8, 4) is 0 Å². The zero-order chi connectivity index (χ0) is 23.1. The van der Waals surface area contributed by atoms with Crippen molar-refractivity contribution < 1.29 is 9.36 Å². The van der Waals surface area contributed by atoms with Crippen LogP contribution in [-0.2, 0) is 13.0 Å². The van der Waals surface area contributed by atoms with Gasteiger partial charge in [0, 0.05) is 17.0 Å².